The fraction of sp³-hybridized carbons (Fsp3) is 0.562. The molecule has 0 aliphatic heterocycles. The average molecular weight is 263 g/mol. The third-order valence-corrected chi connectivity index (χ3v) is 3.01. The number of benzene rings is 1. The molecule has 0 atom stereocenters. The van der Waals surface area contributed by atoms with Gasteiger partial charge in [-0.2, -0.15) is 0 Å². The van der Waals surface area contributed by atoms with Crippen LogP contribution in [-0.4, -0.2) is 30.6 Å². The predicted molar refractivity (Wildman–Crippen MR) is 78.2 cm³/mol. The Labute approximate surface area is 116 Å². The van der Waals surface area contributed by atoms with Crippen LogP contribution in [0.5, 0.6) is 0 Å². The zero-order valence-electron chi connectivity index (χ0n) is 12.5. The van der Waals surface area contributed by atoms with Gasteiger partial charge in [-0.15, -0.1) is 0 Å². The normalized spacial score (nSPS) is 11.1. The Morgan fingerprint density at radius 3 is 2.53 bits per heavy atom. The number of carbonyl (C=O) groups is 1. The Balaban J connectivity index is 2.68. The second-order valence-electron chi connectivity index (χ2n) is 5.15. The molecule has 0 saturated heterocycles. The summed E-state index contributed by atoms with van der Waals surface area (Å²) >= 11 is 0. The maximum atomic E-state index is 11.9. The maximum absolute atomic E-state index is 11.9. The van der Waals surface area contributed by atoms with Gasteiger partial charge in [0, 0.05) is 6.54 Å². The zero-order chi connectivity index (χ0) is 14.3. The Morgan fingerprint density at radius 1 is 1.26 bits per heavy atom. The third kappa shape index (κ3) is 5.43. The molecule has 0 aliphatic rings. The van der Waals surface area contributed by atoms with Gasteiger partial charge in [-0.25, -0.2) is 4.79 Å². The highest BCUT2D eigenvalue weighted by Gasteiger charge is 2.09. The maximum Gasteiger partial charge on any atom is 0.338 e. The first-order valence-corrected chi connectivity index (χ1v) is 7.05. The molecule has 0 fully saturated rings. The molecule has 0 heterocycles. The molecule has 19 heavy (non-hydrogen) atoms. The lowest BCUT2D eigenvalue weighted by molar-refractivity contribution is 0.0459. The summed E-state index contributed by atoms with van der Waals surface area (Å²) in [5, 5.41) is 0. The van der Waals surface area contributed by atoms with E-state index in [0.29, 0.717) is 18.1 Å². The monoisotopic (exact) mass is 263 g/mol. The van der Waals surface area contributed by atoms with Crippen molar-refractivity contribution in [1.29, 1.82) is 0 Å². The molecular weight excluding hydrogens is 238 g/mol. The molecule has 0 aliphatic carbocycles. The fourth-order valence-electron chi connectivity index (χ4n) is 1.83. The minimum absolute atomic E-state index is 0.227. The molecule has 0 spiro atoms. The number of rotatable bonds is 7. The molecular formula is C16H25NO2. The summed E-state index contributed by atoms with van der Waals surface area (Å²) in [6.07, 6.45) is 0. The van der Waals surface area contributed by atoms with Crippen molar-refractivity contribution in [2.75, 3.05) is 19.7 Å². The minimum Gasteiger partial charge on any atom is -0.462 e. The number of nitrogens with zero attached hydrogens (tertiary/aromatic N) is 1. The van der Waals surface area contributed by atoms with Gasteiger partial charge in [0.25, 0.3) is 0 Å². The molecule has 1 aromatic carbocycles. The molecule has 0 amide bonds. The Morgan fingerprint density at radius 2 is 1.95 bits per heavy atom. The van der Waals surface area contributed by atoms with Gasteiger partial charge in [-0.1, -0.05) is 39.8 Å². The molecule has 0 saturated carbocycles. The van der Waals surface area contributed by atoms with E-state index in [1.807, 2.05) is 32.0 Å². The standard InChI is InChI=1S/C16H25NO2/c1-5-17(6-2)11-14-8-7-9-15(10-14)16(18)19-12-13(3)4/h7-10,13H,5-6,11-12H2,1-4H3. The van der Waals surface area contributed by atoms with E-state index in [9.17, 15) is 4.79 Å². The Hall–Kier alpha value is -1.35. The van der Waals surface area contributed by atoms with E-state index >= 15 is 0 Å². The summed E-state index contributed by atoms with van der Waals surface area (Å²) in [6, 6.07) is 7.72. The van der Waals surface area contributed by atoms with Gasteiger partial charge in [0.05, 0.1) is 12.2 Å². The van der Waals surface area contributed by atoms with Crippen molar-refractivity contribution in [3.05, 3.63) is 35.4 Å². The molecule has 3 heteroatoms. The van der Waals surface area contributed by atoms with Crippen molar-refractivity contribution < 1.29 is 9.53 Å². The molecule has 0 bridgehead atoms. The summed E-state index contributed by atoms with van der Waals surface area (Å²) in [7, 11) is 0. The first-order valence-electron chi connectivity index (χ1n) is 7.05. The summed E-state index contributed by atoms with van der Waals surface area (Å²) in [6.45, 7) is 11.7. The number of ether oxygens (including phenoxy) is 1. The molecule has 1 aromatic rings. The molecule has 3 nitrogen and oxygen atoms in total. The smallest absolute Gasteiger partial charge is 0.338 e. The van der Waals surface area contributed by atoms with Gasteiger partial charge < -0.3 is 4.74 Å². The van der Waals surface area contributed by atoms with Crippen LogP contribution in [-0.2, 0) is 11.3 Å². The van der Waals surface area contributed by atoms with Crippen molar-refractivity contribution in [2.45, 2.75) is 34.2 Å². The van der Waals surface area contributed by atoms with Crippen LogP contribution in [0.2, 0.25) is 0 Å². The zero-order valence-corrected chi connectivity index (χ0v) is 12.5. The number of hydrogen-bond donors (Lipinski definition) is 0. The molecule has 0 unspecified atom stereocenters. The topological polar surface area (TPSA) is 29.5 Å². The quantitative estimate of drug-likeness (QED) is 0.707. The Bertz CT molecular complexity index is 397. The van der Waals surface area contributed by atoms with Gasteiger partial charge in [0.1, 0.15) is 0 Å². The van der Waals surface area contributed by atoms with E-state index in [4.69, 9.17) is 4.74 Å². The lowest BCUT2D eigenvalue weighted by atomic mass is 10.1. The average Bonchev–Trinajstić information content (AvgIpc) is 2.42. The van der Waals surface area contributed by atoms with E-state index in [1.165, 1.54) is 0 Å². The van der Waals surface area contributed by atoms with Crippen molar-refractivity contribution in [3.63, 3.8) is 0 Å². The van der Waals surface area contributed by atoms with Gasteiger partial charge in [0.2, 0.25) is 0 Å². The van der Waals surface area contributed by atoms with Gasteiger partial charge in [-0.05, 0) is 36.7 Å². The van der Waals surface area contributed by atoms with Crippen LogP contribution in [0, 0.1) is 5.92 Å². The minimum atomic E-state index is -0.227. The van der Waals surface area contributed by atoms with Crippen LogP contribution in [0.3, 0.4) is 0 Å². The predicted octanol–water partition coefficient (Wildman–Crippen LogP) is 3.34. The van der Waals surface area contributed by atoms with Crippen molar-refractivity contribution in [3.8, 4) is 0 Å². The second-order valence-corrected chi connectivity index (χ2v) is 5.15. The van der Waals surface area contributed by atoms with Crippen LogP contribution >= 0.6 is 0 Å². The number of hydrogen-bond acceptors (Lipinski definition) is 3. The van der Waals surface area contributed by atoms with Gasteiger partial charge in [-0.3, -0.25) is 4.90 Å². The lowest BCUT2D eigenvalue weighted by Gasteiger charge is -2.18. The largest absolute Gasteiger partial charge is 0.462 e. The summed E-state index contributed by atoms with van der Waals surface area (Å²) < 4.78 is 5.25. The van der Waals surface area contributed by atoms with E-state index in [-0.39, 0.29) is 5.97 Å². The van der Waals surface area contributed by atoms with E-state index < -0.39 is 0 Å². The highest BCUT2D eigenvalue weighted by Crippen LogP contribution is 2.10. The first-order chi connectivity index (χ1) is 9.06. The first kappa shape index (κ1) is 15.7. The van der Waals surface area contributed by atoms with E-state index in [2.05, 4.69) is 24.8 Å². The lowest BCUT2D eigenvalue weighted by Crippen LogP contribution is -2.22. The van der Waals surface area contributed by atoms with Crippen LogP contribution < -0.4 is 0 Å². The number of carbonyl (C=O) groups excluding carboxylic acids is 1. The summed E-state index contributed by atoms with van der Waals surface area (Å²) in [5.41, 5.74) is 1.80. The van der Waals surface area contributed by atoms with Crippen molar-refractivity contribution in [1.82, 2.24) is 4.90 Å². The summed E-state index contributed by atoms with van der Waals surface area (Å²) in [4.78, 5) is 14.2. The van der Waals surface area contributed by atoms with Crippen LogP contribution in [0.1, 0.15) is 43.6 Å². The van der Waals surface area contributed by atoms with Gasteiger partial charge >= 0.3 is 5.97 Å². The molecule has 1 rings (SSSR count). The highest BCUT2D eigenvalue weighted by atomic mass is 16.5. The highest BCUT2D eigenvalue weighted by molar-refractivity contribution is 5.89. The van der Waals surface area contributed by atoms with E-state index in [0.717, 1.165) is 25.2 Å². The van der Waals surface area contributed by atoms with E-state index in [1.54, 1.807) is 0 Å². The SMILES string of the molecule is CCN(CC)Cc1cccc(C(=O)OCC(C)C)c1. The third-order valence-electron chi connectivity index (χ3n) is 3.01. The second kappa shape index (κ2) is 7.95. The number of esters is 1. The van der Waals surface area contributed by atoms with Crippen molar-refractivity contribution in [2.24, 2.45) is 5.92 Å². The molecule has 106 valence electrons. The molecule has 0 radical (unpaired) electrons. The molecule has 0 N–H and O–H groups in total. The Kier molecular flexibility index (Phi) is 6.57. The van der Waals surface area contributed by atoms with Crippen LogP contribution in [0.15, 0.2) is 24.3 Å². The van der Waals surface area contributed by atoms with Crippen LogP contribution in [0.4, 0.5) is 0 Å². The summed E-state index contributed by atoms with van der Waals surface area (Å²) in [5.74, 6) is 0.137. The van der Waals surface area contributed by atoms with Gasteiger partial charge in [0.15, 0.2) is 0 Å². The van der Waals surface area contributed by atoms with Crippen molar-refractivity contribution >= 4 is 5.97 Å². The fourth-order valence-corrected chi connectivity index (χ4v) is 1.83. The van der Waals surface area contributed by atoms with Crippen LogP contribution in [0.25, 0.3) is 0 Å². The molecule has 0 aromatic heterocycles.